The van der Waals surface area contributed by atoms with E-state index < -0.39 is 30.3 Å². The molecule has 63 heavy (non-hydrogen) atoms. The minimum absolute atomic E-state index is 0.0580. The van der Waals surface area contributed by atoms with Gasteiger partial charge >= 0.3 is 11.9 Å². The highest BCUT2D eigenvalue weighted by molar-refractivity contribution is 7.22. The number of pyridine rings is 1. The van der Waals surface area contributed by atoms with Crippen LogP contribution in [0.4, 0.5) is 10.9 Å². The first kappa shape index (κ1) is 42.6. The third-order valence-electron chi connectivity index (χ3n) is 13.9. The number of para-hydroxylation sites is 1. The van der Waals surface area contributed by atoms with Crippen LogP contribution in [-0.4, -0.2) is 97.0 Å². The average molecular weight is 875 g/mol. The third kappa shape index (κ3) is 8.19. The number of fused-ring (bicyclic) bond motifs is 2. The van der Waals surface area contributed by atoms with Crippen molar-refractivity contribution in [3.63, 3.8) is 0 Å². The van der Waals surface area contributed by atoms with Crippen molar-refractivity contribution in [2.24, 2.45) is 22.0 Å². The Morgan fingerprint density at radius 2 is 1.71 bits per heavy atom. The summed E-state index contributed by atoms with van der Waals surface area (Å²) in [5.74, 6) is -2.39. The molecular formula is C47H54N8O7S. The number of carboxylic acids is 2. The molecule has 16 heteroatoms. The number of carbonyl (C=O) groups is 4. The minimum Gasteiger partial charge on any atom is -0.481 e. The number of aromatic nitrogens is 4. The molecule has 10 rings (SSSR count). The Labute approximate surface area is 369 Å². The molecule has 2 aromatic carbocycles. The molecule has 3 aromatic heterocycles. The van der Waals surface area contributed by atoms with E-state index in [2.05, 4.69) is 24.1 Å². The summed E-state index contributed by atoms with van der Waals surface area (Å²) >= 11 is 1.42. The van der Waals surface area contributed by atoms with Gasteiger partial charge in [-0.05, 0) is 110 Å². The molecule has 0 radical (unpaired) electrons. The topological polar surface area (TPSA) is 206 Å². The SMILES string of the molecule is Cc1c(-c2ccc(N3CCc4cccc(C(=O)Nc5nc6ccccc6s5)c4C3)nc2C(=O)O)cnn1CC12CC3(C)CC(C)(C1)CC(OCCN(C)C(=O)[C@@H](N)CC(=O)O)(C3)C2. The Morgan fingerprint density at radius 1 is 0.952 bits per heavy atom. The number of benzene rings is 2. The maximum atomic E-state index is 13.7. The van der Waals surface area contributed by atoms with Crippen molar-refractivity contribution < 1.29 is 34.1 Å². The molecule has 3 atom stereocenters. The van der Waals surface area contributed by atoms with Crippen LogP contribution < -0.4 is 16.0 Å². The van der Waals surface area contributed by atoms with E-state index >= 15 is 0 Å². The predicted octanol–water partition coefficient (Wildman–Crippen LogP) is 6.77. The Kier molecular flexibility index (Phi) is 10.7. The van der Waals surface area contributed by atoms with Crippen molar-refractivity contribution in [2.75, 3.05) is 37.0 Å². The highest BCUT2D eigenvalue weighted by Crippen LogP contribution is 2.72. The number of ether oxygens (including phenoxy) is 1. The molecule has 4 heterocycles. The van der Waals surface area contributed by atoms with E-state index in [1.165, 1.54) is 16.2 Å². The Morgan fingerprint density at radius 3 is 2.44 bits per heavy atom. The minimum atomic E-state index is -1.13. The smallest absolute Gasteiger partial charge is 0.355 e. The van der Waals surface area contributed by atoms with Gasteiger partial charge in [0.25, 0.3) is 5.91 Å². The monoisotopic (exact) mass is 874 g/mol. The maximum absolute atomic E-state index is 13.7. The molecule has 5 aromatic rings. The third-order valence-corrected chi connectivity index (χ3v) is 14.8. The molecule has 1 aliphatic heterocycles. The van der Waals surface area contributed by atoms with Crippen molar-refractivity contribution in [3.05, 3.63) is 88.9 Å². The summed E-state index contributed by atoms with van der Waals surface area (Å²) in [6.45, 7) is 9.01. The van der Waals surface area contributed by atoms with Crippen molar-refractivity contribution >= 4 is 56.3 Å². The molecular weight excluding hydrogens is 821 g/mol. The number of nitrogens with two attached hydrogens (primary N) is 1. The van der Waals surface area contributed by atoms with Crippen LogP contribution in [-0.2, 0) is 33.8 Å². The molecule has 0 spiro atoms. The average Bonchev–Trinajstić information content (AvgIpc) is 3.79. The van der Waals surface area contributed by atoms with E-state index in [1.807, 2.05) is 71.1 Å². The molecule has 4 saturated carbocycles. The van der Waals surface area contributed by atoms with Crippen LogP contribution in [0.5, 0.6) is 0 Å². The quantitative estimate of drug-likeness (QED) is 0.0912. The number of carbonyl (C=O) groups excluding carboxylic acids is 2. The molecule has 5 aliphatic rings. The van der Waals surface area contributed by atoms with Gasteiger partial charge in [0.2, 0.25) is 5.91 Å². The van der Waals surface area contributed by atoms with Crippen molar-refractivity contribution in [1.82, 2.24) is 24.6 Å². The van der Waals surface area contributed by atoms with Gasteiger partial charge in [-0.15, -0.1) is 0 Å². The van der Waals surface area contributed by atoms with E-state index in [1.54, 1.807) is 13.2 Å². The second-order valence-electron chi connectivity index (χ2n) is 19.4. The van der Waals surface area contributed by atoms with Crippen molar-refractivity contribution in [2.45, 2.75) is 96.9 Å². The number of nitrogens with one attached hydrogen (secondary N) is 1. The Hall–Kier alpha value is -5.71. The first-order valence-electron chi connectivity index (χ1n) is 21.6. The van der Waals surface area contributed by atoms with Gasteiger partial charge in [0.15, 0.2) is 10.8 Å². The van der Waals surface area contributed by atoms with Gasteiger partial charge in [-0.25, -0.2) is 14.8 Å². The zero-order valence-corrected chi connectivity index (χ0v) is 37.0. The van der Waals surface area contributed by atoms with E-state index in [0.29, 0.717) is 66.8 Å². The second kappa shape index (κ2) is 15.8. The fourth-order valence-electron chi connectivity index (χ4n) is 12.5. The summed E-state index contributed by atoms with van der Waals surface area (Å²) in [5.41, 5.74) is 10.8. The number of nitrogens with zero attached hydrogens (tertiary/aromatic N) is 6. The number of hydrogen-bond acceptors (Lipinski definition) is 11. The summed E-state index contributed by atoms with van der Waals surface area (Å²) in [4.78, 5) is 63.3. The van der Waals surface area contributed by atoms with Gasteiger partial charge in [-0.1, -0.05) is 49.4 Å². The summed E-state index contributed by atoms with van der Waals surface area (Å²) in [6.07, 6.45) is 7.86. The van der Waals surface area contributed by atoms with Crippen LogP contribution >= 0.6 is 11.3 Å². The van der Waals surface area contributed by atoms with Crippen LogP contribution in [0, 0.1) is 23.2 Å². The summed E-state index contributed by atoms with van der Waals surface area (Å²) in [6, 6.07) is 16.1. The van der Waals surface area contributed by atoms with Gasteiger partial charge in [0, 0.05) is 55.6 Å². The number of likely N-dealkylation sites (N-methyl/N-ethyl adjacent to an activating group) is 1. The van der Waals surface area contributed by atoms with Crippen LogP contribution in [0.15, 0.2) is 60.8 Å². The number of thiazole rings is 1. The zero-order chi connectivity index (χ0) is 44.5. The zero-order valence-electron chi connectivity index (χ0n) is 36.1. The van der Waals surface area contributed by atoms with Gasteiger partial charge in [-0.3, -0.25) is 24.4 Å². The number of aliphatic carboxylic acids is 1. The molecule has 4 bridgehead atoms. The lowest BCUT2D eigenvalue weighted by Gasteiger charge is -2.69. The van der Waals surface area contributed by atoms with Gasteiger partial charge < -0.3 is 30.5 Å². The van der Waals surface area contributed by atoms with Crippen LogP contribution in [0.3, 0.4) is 0 Å². The lowest BCUT2D eigenvalue weighted by molar-refractivity contribution is -0.248. The summed E-state index contributed by atoms with van der Waals surface area (Å²) < 4.78 is 9.84. The predicted molar refractivity (Wildman–Crippen MR) is 239 cm³/mol. The van der Waals surface area contributed by atoms with Gasteiger partial charge in [-0.2, -0.15) is 5.10 Å². The number of amides is 2. The summed E-state index contributed by atoms with van der Waals surface area (Å²) in [7, 11) is 1.63. The lowest BCUT2D eigenvalue weighted by Crippen LogP contribution is -2.64. The number of hydrogen-bond donors (Lipinski definition) is 4. The molecule has 4 aliphatic carbocycles. The molecule has 2 unspecified atom stereocenters. The summed E-state index contributed by atoms with van der Waals surface area (Å²) in [5, 5.41) is 28.1. The van der Waals surface area contributed by atoms with E-state index in [0.717, 1.165) is 65.6 Å². The fraction of sp³-hybridized carbons (Fsp3) is 0.468. The van der Waals surface area contributed by atoms with Crippen molar-refractivity contribution in [3.8, 4) is 11.1 Å². The van der Waals surface area contributed by atoms with Crippen LogP contribution in [0.1, 0.15) is 96.5 Å². The van der Waals surface area contributed by atoms with Gasteiger partial charge in [0.1, 0.15) is 5.82 Å². The van der Waals surface area contributed by atoms with E-state index in [4.69, 9.17) is 25.7 Å². The first-order valence-corrected chi connectivity index (χ1v) is 22.4. The number of aromatic carboxylic acids is 1. The molecule has 330 valence electrons. The van der Waals surface area contributed by atoms with E-state index in [9.17, 15) is 24.3 Å². The molecule has 2 amide bonds. The maximum Gasteiger partial charge on any atom is 0.355 e. The molecule has 5 N–H and O–H groups in total. The standard InChI is InChI=1S/C47H54N8O7S/c1-28-32(19-49-55(28)27-46-22-44(2)21-45(3,23-46)25-47(24-44,26-46)62-17-16-53(4)41(59)34(48)18-38(56)57)30-12-13-37(51-39(30)42(60)61)54-15-14-29-8-7-9-31(33(29)20-54)40(58)52-43-50-35-10-5-6-11-36(35)63-43/h5-13,19,34H,14-18,20-27,48H2,1-4H3,(H,56,57)(H,60,61)(H,50,52,58)/t34-,44?,45?,46?,47?/m0/s1. The van der Waals surface area contributed by atoms with Crippen LogP contribution in [0.25, 0.3) is 21.3 Å². The first-order chi connectivity index (χ1) is 29.9. The Balaban J connectivity index is 0.920. The fourth-order valence-corrected chi connectivity index (χ4v) is 13.4. The Bertz CT molecular complexity index is 2610. The normalized spacial score (nSPS) is 25.2. The number of rotatable bonds is 14. The van der Waals surface area contributed by atoms with Crippen LogP contribution in [0.2, 0.25) is 0 Å². The lowest BCUT2D eigenvalue weighted by atomic mass is 9.39. The molecule has 4 fully saturated rings. The highest BCUT2D eigenvalue weighted by atomic mass is 32.1. The highest BCUT2D eigenvalue weighted by Gasteiger charge is 2.66. The molecule has 0 saturated heterocycles. The largest absolute Gasteiger partial charge is 0.481 e. The van der Waals surface area contributed by atoms with E-state index in [-0.39, 0.29) is 33.4 Å². The van der Waals surface area contributed by atoms with Gasteiger partial charge in [0.05, 0.1) is 41.1 Å². The second-order valence-corrected chi connectivity index (χ2v) is 20.4. The van der Waals surface area contributed by atoms with Crippen molar-refractivity contribution in [1.29, 1.82) is 0 Å². The number of carboxylic acid groups (broad SMARTS) is 2. The molecule has 15 nitrogen and oxygen atoms in total. The number of anilines is 2.